The number of carbonyl (C=O) groups excluding carboxylic acids is 2. The molecule has 1 aliphatic rings. The van der Waals surface area contributed by atoms with E-state index in [-0.39, 0.29) is 24.3 Å². The fourth-order valence-electron chi connectivity index (χ4n) is 3.37. The van der Waals surface area contributed by atoms with Gasteiger partial charge in [-0.15, -0.1) is 0 Å². The second-order valence-corrected chi connectivity index (χ2v) is 6.61. The maximum absolute atomic E-state index is 13.2. The molecule has 1 aromatic heterocycles. The molecule has 0 unspecified atom stereocenters. The Morgan fingerprint density at radius 2 is 1.82 bits per heavy atom. The van der Waals surface area contributed by atoms with Gasteiger partial charge in [0.25, 0.3) is 5.56 Å². The van der Waals surface area contributed by atoms with Crippen molar-refractivity contribution in [3.05, 3.63) is 76.3 Å². The van der Waals surface area contributed by atoms with Crippen LogP contribution in [0, 0.1) is 0 Å². The molecule has 0 spiro atoms. The zero-order valence-electron chi connectivity index (χ0n) is 15.0. The molecule has 2 heterocycles. The standard InChI is InChI=1S/C21H18N4O3/c22-18(26)11-10-17-20(27)24-16(12-13-6-2-1-3-7-13)19-23-15-9-5-4-8-14(15)21(28)25(17)19/h1-9,12,17H,10-11H2,(H2,22,26)(H,24,27)/b16-12+/t17-/m0/s1. The summed E-state index contributed by atoms with van der Waals surface area (Å²) in [5.41, 5.74) is 6.78. The Balaban J connectivity index is 1.94. The van der Waals surface area contributed by atoms with E-state index in [1.54, 1.807) is 30.3 Å². The van der Waals surface area contributed by atoms with E-state index in [0.29, 0.717) is 22.4 Å². The Morgan fingerprint density at radius 3 is 2.57 bits per heavy atom. The lowest BCUT2D eigenvalue weighted by atomic mass is 10.0. The van der Waals surface area contributed by atoms with Crippen molar-refractivity contribution < 1.29 is 9.59 Å². The minimum atomic E-state index is -0.847. The number of primary amides is 1. The van der Waals surface area contributed by atoms with Gasteiger partial charge in [-0.1, -0.05) is 42.5 Å². The van der Waals surface area contributed by atoms with Crippen molar-refractivity contribution in [3.8, 4) is 0 Å². The van der Waals surface area contributed by atoms with Gasteiger partial charge in [-0.3, -0.25) is 19.0 Å². The van der Waals surface area contributed by atoms with Gasteiger partial charge in [0.05, 0.1) is 16.6 Å². The van der Waals surface area contributed by atoms with E-state index in [1.807, 2.05) is 30.3 Å². The van der Waals surface area contributed by atoms with Gasteiger partial charge in [-0.25, -0.2) is 4.98 Å². The first-order valence-corrected chi connectivity index (χ1v) is 8.92. The number of hydrogen-bond donors (Lipinski definition) is 2. The van der Waals surface area contributed by atoms with E-state index in [1.165, 1.54) is 4.57 Å². The number of para-hydroxylation sites is 1. The van der Waals surface area contributed by atoms with Crippen LogP contribution < -0.4 is 16.6 Å². The Kier molecular flexibility index (Phi) is 4.49. The molecule has 1 atom stereocenters. The number of carbonyl (C=O) groups is 2. The molecule has 0 fully saturated rings. The second-order valence-electron chi connectivity index (χ2n) is 6.61. The van der Waals surface area contributed by atoms with E-state index in [4.69, 9.17) is 5.73 Å². The summed E-state index contributed by atoms with van der Waals surface area (Å²) < 4.78 is 1.37. The zero-order valence-corrected chi connectivity index (χ0v) is 15.0. The van der Waals surface area contributed by atoms with Crippen LogP contribution in [0.25, 0.3) is 22.7 Å². The average Bonchev–Trinajstić information content (AvgIpc) is 2.69. The summed E-state index contributed by atoms with van der Waals surface area (Å²) in [7, 11) is 0. The van der Waals surface area contributed by atoms with Crippen molar-refractivity contribution in [3.63, 3.8) is 0 Å². The predicted octanol–water partition coefficient (Wildman–Crippen LogP) is 1.83. The second kappa shape index (κ2) is 7.11. The Bertz CT molecular complexity index is 1170. The zero-order chi connectivity index (χ0) is 19.7. The fourth-order valence-corrected chi connectivity index (χ4v) is 3.37. The summed E-state index contributed by atoms with van der Waals surface area (Å²) in [4.78, 5) is 41.8. The van der Waals surface area contributed by atoms with Gasteiger partial charge in [0.15, 0.2) is 5.82 Å². The van der Waals surface area contributed by atoms with Crippen LogP contribution in [0.2, 0.25) is 0 Å². The molecule has 0 radical (unpaired) electrons. The maximum Gasteiger partial charge on any atom is 0.262 e. The summed E-state index contributed by atoms with van der Waals surface area (Å²) in [5, 5.41) is 3.26. The third-order valence-electron chi connectivity index (χ3n) is 4.70. The third-order valence-corrected chi connectivity index (χ3v) is 4.70. The highest BCUT2D eigenvalue weighted by Gasteiger charge is 2.32. The fraction of sp³-hybridized carbons (Fsp3) is 0.143. The molecule has 0 aliphatic carbocycles. The molecular formula is C21H18N4O3. The topological polar surface area (TPSA) is 107 Å². The van der Waals surface area contributed by atoms with E-state index in [2.05, 4.69) is 10.3 Å². The maximum atomic E-state index is 13.2. The molecule has 2 amide bonds. The van der Waals surface area contributed by atoms with Crippen LogP contribution in [0.15, 0.2) is 59.4 Å². The number of nitrogens with zero attached hydrogens (tertiary/aromatic N) is 2. The smallest absolute Gasteiger partial charge is 0.262 e. The molecule has 3 aromatic rings. The minimum absolute atomic E-state index is 0.00543. The molecule has 3 N–H and O–H groups in total. The van der Waals surface area contributed by atoms with Crippen molar-refractivity contribution in [2.75, 3.05) is 0 Å². The number of amides is 2. The SMILES string of the molecule is NC(=O)CC[C@H]1C(=O)N/C(=C/c2ccccc2)c2nc3ccccc3c(=O)n21. The summed E-state index contributed by atoms with van der Waals surface area (Å²) >= 11 is 0. The number of nitrogens with two attached hydrogens (primary N) is 1. The van der Waals surface area contributed by atoms with Crippen molar-refractivity contribution >= 4 is 34.5 Å². The minimum Gasteiger partial charge on any atom is -0.370 e. The van der Waals surface area contributed by atoms with Gasteiger partial charge in [-0.2, -0.15) is 0 Å². The quantitative estimate of drug-likeness (QED) is 0.726. The largest absolute Gasteiger partial charge is 0.370 e. The van der Waals surface area contributed by atoms with Crippen molar-refractivity contribution in [2.24, 2.45) is 5.73 Å². The van der Waals surface area contributed by atoms with Gasteiger partial charge in [0.2, 0.25) is 11.8 Å². The monoisotopic (exact) mass is 374 g/mol. The first-order valence-electron chi connectivity index (χ1n) is 8.92. The Labute approximate surface area is 160 Å². The normalized spacial score (nSPS) is 17.4. The van der Waals surface area contributed by atoms with Crippen molar-refractivity contribution in [1.82, 2.24) is 14.9 Å². The number of nitrogens with one attached hydrogen (secondary N) is 1. The summed E-state index contributed by atoms with van der Waals surface area (Å²) in [6.45, 7) is 0. The van der Waals surface area contributed by atoms with E-state index >= 15 is 0 Å². The molecule has 1 aliphatic heterocycles. The van der Waals surface area contributed by atoms with Crippen LogP contribution >= 0.6 is 0 Å². The van der Waals surface area contributed by atoms with Crippen LogP contribution in [0.3, 0.4) is 0 Å². The number of rotatable bonds is 4. The number of aromatic nitrogens is 2. The van der Waals surface area contributed by atoms with Gasteiger partial charge in [0, 0.05) is 6.42 Å². The highest BCUT2D eigenvalue weighted by atomic mass is 16.2. The van der Waals surface area contributed by atoms with Crippen LogP contribution in [0.5, 0.6) is 0 Å². The van der Waals surface area contributed by atoms with Gasteiger partial charge < -0.3 is 11.1 Å². The lowest BCUT2D eigenvalue weighted by Crippen LogP contribution is -2.44. The van der Waals surface area contributed by atoms with E-state index in [0.717, 1.165) is 5.56 Å². The summed E-state index contributed by atoms with van der Waals surface area (Å²) in [5.74, 6) is -0.529. The van der Waals surface area contributed by atoms with Crippen LogP contribution in [-0.2, 0) is 9.59 Å². The van der Waals surface area contributed by atoms with Crippen molar-refractivity contribution in [2.45, 2.75) is 18.9 Å². The van der Waals surface area contributed by atoms with Gasteiger partial charge in [0.1, 0.15) is 6.04 Å². The van der Waals surface area contributed by atoms with Gasteiger partial charge >= 0.3 is 0 Å². The van der Waals surface area contributed by atoms with E-state index < -0.39 is 11.9 Å². The molecule has 4 rings (SSSR count). The highest BCUT2D eigenvalue weighted by molar-refractivity contribution is 5.97. The lowest BCUT2D eigenvalue weighted by molar-refractivity contribution is -0.124. The molecule has 0 saturated heterocycles. The summed E-state index contributed by atoms with van der Waals surface area (Å²) in [6, 6.07) is 15.6. The Hall–Kier alpha value is -3.74. The number of hydrogen-bond acceptors (Lipinski definition) is 4. The summed E-state index contributed by atoms with van der Waals surface area (Å²) in [6.07, 6.45) is 1.90. The highest BCUT2D eigenvalue weighted by Crippen LogP contribution is 2.26. The predicted molar refractivity (Wildman–Crippen MR) is 106 cm³/mol. The van der Waals surface area contributed by atoms with E-state index in [9.17, 15) is 14.4 Å². The number of fused-ring (bicyclic) bond motifs is 2. The molecule has 140 valence electrons. The Morgan fingerprint density at radius 1 is 1.11 bits per heavy atom. The van der Waals surface area contributed by atoms with Crippen LogP contribution in [0.4, 0.5) is 0 Å². The molecule has 0 bridgehead atoms. The van der Waals surface area contributed by atoms with Crippen molar-refractivity contribution in [1.29, 1.82) is 0 Å². The molecule has 2 aromatic carbocycles. The third kappa shape index (κ3) is 3.18. The molecular weight excluding hydrogens is 356 g/mol. The molecule has 0 saturated carbocycles. The van der Waals surface area contributed by atoms with Crippen LogP contribution in [-0.4, -0.2) is 21.4 Å². The average molecular weight is 374 g/mol. The molecule has 28 heavy (non-hydrogen) atoms. The molecule has 7 heteroatoms. The first kappa shape index (κ1) is 17.7. The van der Waals surface area contributed by atoms with Gasteiger partial charge in [-0.05, 0) is 30.2 Å². The van der Waals surface area contributed by atoms with Crippen LogP contribution in [0.1, 0.15) is 30.3 Å². The first-order chi connectivity index (χ1) is 13.5. The number of benzene rings is 2. The molecule has 7 nitrogen and oxygen atoms in total. The lowest BCUT2D eigenvalue weighted by Gasteiger charge is -2.28.